The first kappa shape index (κ1) is 15.8. The van der Waals surface area contributed by atoms with Crippen LogP contribution in [0.4, 0.5) is 5.69 Å². The zero-order valence-electron chi connectivity index (χ0n) is 13.2. The fourth-order valence-electron chi connectivity index (χ4n) is 2.82. The highest BCUT2D eigenvalue weighted by atomic mass is 16.5. The normalized spacial score (nSPS) is 21.3. The molecule has 1 fully saturated rings. The van der Waals surface area contributed by atoms with E-state index in [2.05, 4.69) is 17.6 Å². The van der Waals surface area contributed by atoms with E-state index >= 15 is 0 Å². The quantitative estimate of drug-likeness (QED) is 0.846. The van der Waals surface area contributed by atoms with Gasteiger partial charge in [0.05, 0.1) is 6.10 Å². The molecule has 0 radical (unpaired) electrons. The summed E-state index contributed by atoms with van der Waals surface area (Å²) >= 11 is 0. The monoisotopic (exact) mass is 290 g/mol. The molecule has 1 aromatic rings. The van der Waals surface area contributed by atoms with Crippen LogP contribution in [-0.2, 0) is 4.74 Å². The lowest BCUT2D eigenvalue weighted by atomic mass is 10.1. The van der Waals surface area contributed by atoms with Crippen LogP contribution in [0, 0.1) is 6.92 Å². The molecule has 1 aliphatic carbocycles. The molecule has 4 nitrogen and oxygen atoms in total. The second-order valence-corrected chi connectivity index (χ2v) is 5.80. The number of hydrogen-bond acceptors (Lipinski definition) is 3. The third-order valence-corrected chi connectivity index (χ3v) is 4.11. The van der Waals surface area contributed by atoms with Gasteiger partial charge in [-0.3, -0.25) is 4.79 Å². The third-order valence-electron chi connectivity index (χ3n) is 4.11. The van der Waals surface area contributed by atoms with Crippen LogP contribution in [0.2, 0.25) is 0 Å². The van der Waals surface area contributed by atoms with Crippen LogP contribution in [0.1, 0.15) is 48.5 Å². The average Bonchev–Trinajstić information content (AvgIpc) is 2.93. The van der Waals surface area contributed by atoms with Crippen LogP contribution in [0.15, 0.2) is 18.2 Å². The lowest BCUT2D eigenvalue weighted by molar-refractivity contribution is 0.0915. The summed E-state index contributed by atoms with van der Waals surface area (Å²) in [5.41, 5.74) is 2.95. The molecular formula is C17H26N2O2. The molecule has 4 heteroatoms. The Labute approximate surface area is 127 Å². The Balaban J connectivity index is 1.95. The van der Waals surface area contributed by atoms with Crippen molar-refractivity contribution in [1.82, 2.24) is 5.32 Å². The molecule has 2 atom stereocenters. The van der Waals surface area contributed by atoms with E-state index in [-0.39, 0.29) is 18.1 Å². The molecule has 116 valence electrons. The minimum Gasteiger partial charge on any atom is -0.385 e. The SMILES string of the molecule is CCCNc1ccc(C(=O)NC2CCC(OC)C2)cc1C. The predicted molar refractivity (Wildman–Crippen MR) is 85.9 cm³/mol. The van der Waals surface area contributed by atoms with Gasteiger partial charge < -0.3 is 15.4 Å². The maximum Gasteiger partial charge on any atom is 0.251 e. The van der Waals surface area contributed by atoms with Gasteiger partial charge in [-0.2, -0.15) is 0 Å². The van der Waals surface area contributed by atoms with Crippen LogP contribution in [0.3, 0.4) is 0 Å². The van der Waals surface area contributed by atoms with E-state index in [1.54, 1.807) is 7.11 Å². The summed E-state index contributed by atoms with van der Waals surface area (Å²) in [6.07, 6.45) is 4.32. The highest BCUT2D eigenvalue weighted by molar-refractivity contribution is 5.95. The molecule has 0 bridgehead atoms. The van der Waals surface area contributed by atoms with Crippen molar-refractivity contribution >= 4 is 11.6 Å². The van der Waals surface area contributed by atoms with Crippen molar-refractivity contribution in [2.75, 3.05) is 19.0 Å². The second kappa shape index (κ2) is 7.46. The van der Waals surface area contributed by atoms with Crippen molar-refractivity contribution in [3.63, 3.8) is 0 Å². The van der Waals surface area contributed by atoms with Crippen molar-refractivity contribution in [2.24, 2.45) is 0 Å². The first-order valence-corrected chi connectivity index (χ1v) is 7.82. The average molecular weight is 290 g/mol. The molecule has 1 amide bonds. The summed E-state index contributed by atoms with van der Waals surface area (Å²) in [5, 5.41) is 6.48. The number of nitrogens with one attached hydrogen (secondary N) is 2. The van der Waals surface area contributed by atoms with Gasteiger partial charge in [-0.15, -0.1) is 0 Å². The van der Waals surface area contributed by atoms with Gasteiger partial charge in [0, 0.05) is 30.9 Å². The number of ether oxygens (including phenoxy) is 1. The topological polar surface area (TPSA) is 50.4 Å². The van der Waals surface area contributed by atoms with E-state index in [0.717, 1.165) is 49.0 Å². The summed E-state index contributed by atoms with van der Waals surface area (Å²) in [7, 11) is 1.74. The summed E-state index contributed by atoms with van der Waals surface area (Å²) in [6, 6.07) is 6.08. The number of hydrogen-bond donors (Lipinski definition) is 2. The minimum atomic E-state index is 0.0156. The van der Waals surface area contributed by atoms with E-state index in [1.807, 2.05) is 25.1 Å². The maximum atomic E-state index is 12.3. The van der Waals surface area contributed by atoms with Gasteiger partial charge in [-0.05, 0) is 56.4 Å². The molecule has 2 rings (SSSR count). The maximum absolute atomic E-state index is 12.3. The summed E-state index contributed by atoms with van der Waals surface area (Å²) in [5.74, 6) is 0.0156. The molecule has 1 aromatic carbocycles. The number of rotatable bonds is 6. The fourth-order valence-corrected chi connectivity index (χ4v) is 2.82. The van der Waals surface area contributed by atoms with Crippen LogP contribution < -0.4 is 10.6 Å². The van der Waals surface area contributed by atoms with Crippen LogP contribution in [0.5, 0.6) is 0 Å². The number of carbonyl (C=O) groups excluding carboxylic acids is 1. The van der Waals surface area contributed by atoms with Gasteiger partial charge in [-0.1, -0.05) is 6.92 Å². The Morgan fingerprint density at radius 3 is 2.81 bits per heavy atom. The van der Waals surface area contributed by atoms with E-state index in [9.17, 15) is 4.79 Å². The molecule has 21 heavy (non-hydrogen) atoms. The number of anilines is 1. The van der Waals surface area contributed by atoms with Gasteiger partial charge in [0.1, 0.15) is 0 Å². The summed E-state index contributed by atoms with van der Waals surface area (Å²) in [6.45, 7) is 5.12. The zero-order chi connectivity index (χ0) is 15.2. The number of carbonyl (C=O) groups is 1. The van der Waals surface area contributed by atoms with E-state index in [1.165, 1.54) is 0 Å². The van der Waals surface area contributed by atoms with Crippen molar-refractivity contribution in [3.8, 4) is 0 Å². The Morgan fingerprint density at radius 2 is 2.19 bits per heavy atom. The molecule has 0 aliphatic heterocycles. The van der Waals surface area contributed by atoms with E-state index in [0.29, 0.717) is 0 Å². The van der Waals surface area contributed by atoms with Gasteiger partial charge in [0.15, 0.2) is 0 Å². The number of amides is 1. The molecule has 0 saturated heterocycles. The molecule has 1 aliphatic rings. The number of methoxy groups -OCH3 is 1. The van der Waals surface area contributed by atoms with E-state index < -0.39 is 0 Å². The summed E-state index contributed by atoms with van der Waals surface area (Å²) < 4.78 is 5.34. The minimum absolute atomic E-state index is 0.0156. The Kier molecular flexibility index (Phi) is 5.62. The Hall–Kier alpha value is -1.55. The highest BCUT2D eigenvalue weighted by Gasteiger charge is 2.25. The van der Waals surface area contributed by atoms with Crippen LogP contribution >= 0.6 is 0 Å². The molecule has 0 aromatic heterocycles. The first-order valence-electron chi connectivity index (χ1n) is 7.82. The number of benzene rings is 1. The molecular weight excluding hydrogens is 264 g/mol. The van der Waals surface area contributed by atoms with Crippen molar-refractivity contribution in [2.45, 2.75) is 51.7 Å². The second-order valence-electron chi connectivity index (χ2n) is 5.80. The molecule has 0 spiro atoms. The van der Waals surface area contributed by atoms with Crippen molar-refractivity contribution < 1.29 is 9.53 Å². The Bertz CT molecular complexity index is 488. The molecule has 1 saturated carbocycles. The number of aryl methyl sites for hydroxylation is 1. The lowest BCUT2D eigenvalue weighted by Crippen LogP contribution is -2.33. The van der Waals surface area contributed by atoms with Crippen molar-refractivity contribution in [3.05, 3.63) is 29.3 Å². The molecule has 2 N–H and O–H groups in total. The van der Waals surface area contributed by atoms with Gasteiger partial charge in [0.2, 0.25) is 0 Å². The predicted octanol–water partition coefficient (Wildman–Crippen LogP) is 3.11. The van der Waals surface area contributed by atoms with Gasteiger partial charge >= 0.3 is 0 Å². The standard InChI is InChI=1S/C17H26N2O2/c1-4-9-18-16-8-5-13(10-12(16)2)17(20)19-14-6-7-15(11-14)21-3/h5,8,10,14-15,18H,4,6-7,9,11H2,1-3H3,(H,19,20). The Morgan fingerprint density at radius 1 is 1.38 bits per heavy atom. The largest absolute Gasteiger partial charge is 0.385 e. The van der Waals surface area contributed by atoms with Crippen LogP contribution in [-0.4, -0.2) is 31.7 Å². The molecule has 0 heterocycles. The van der Waals surface area contributed by atoms with Gasteiger partial charge in [-0.25, -0.2) is 0 Å². The lowest BCUT2D eigenvalue weighted by Gasteiger charge is -2.14. The summed E-state index contributed by atoms with van der Waals surface area (Å²) in [4.78, 5) is 12.3. The molecule has 2 unspecified atom stereocenters. The zero-order valence-corrected chi connectivity index (χ0v) is 13.2. The smallest absolute Gasteiger partial charge is 0.251 e. The first-order chi connectivity index (χ1) is 10.1. The van der Waals surface area contributed by atoms with E-state index in [4.69, 9.17) is 4.74 Å². The highest BCUT2D eigenvalue weighted by Crippen LogP contribution is 2.22. The van der Waals surface area contributed by atoms with Gasteiger partial charge in [0.25, 0.3) is 5.91 Å². The van der Waals surface area contributed by atoms with Crippen molar-refractivity contribution in [1.29, 1.82) is 0 Å². The van der Waals surface area contributed by atoms with Crippen LogP contribution in [0.25, 0.3) is 0 Å². The fraction of sp³-hybridized carbons (Fsp3) is 0.588. The third kappa shape index (κ3) is 4.21.